The van der Waals surface area contributed by atoms with E-state index >= 15 is 0 Å². The molecular weight excluding hydrogens is 430 g/mol. The van der Waals surface area contributed by atoms with E-state index in [0.29, 0.717) is 23.3 Å². The number of hydrogen-bond acceptors (Lipinski definition) is 5. The molecule has 1 saturated heterocycles. The highest BCUT2D eigenvalue weighted by molar-refractivity contribution is 6.36. The fourth-order valence-corrected chi connectivity index (χ4v) is 3.88. The number of piperazine rings is 1. The second kappa shape index (κ2) is 11.8. The second-order valence-corrected chi connectivity index (χ2v) is 8.31. The summed E-state index contributed by atoms with van der Waals surface area (Å²) in [5, 5.41) is 6.13. The highest BCUT2D eigenvalue weighted by Gasteiger charge is 2.10. The standard InChI is InChI=1S/C26H28BFN4O2/c27-25-16-23(34-13-12-32-10-8-29-9-11-32)6-7-24(25)20-4-5-22(30-18-20)15-26(33)31-17-19-2-1-3-21(28)14-19/h1-7,14,16,18,29H,8-13,15,17H2,(H,31,33). The smallest absolute Gasteiger partial charge is 0.226 e. The van der Waals surface area contributed by atoms with Crippen LogP contribution >= 0.6 is 0 Å². The van der Waals surface area contributed by atoms with Gasteiger partial charge in [-0.2, -0.15) is 0 Å². The molecule has 0 unspecified atom stereocenters. The van der Waals surface area contributed by atoms with Crippen molar-refractivity contribution in [3.63, 3.8) is 0 Å². The molecule has 0 spiro atoms. The first-order chi connectivity index (χ1) is 16.6. The van der Waals surface area contributed by atoms with E-state index < -0.39 is 0 Å². The molecule has 2 aromatic carbocycles. The molecule has 2 N–H and O–H groups in total. The summed E-state index contributed by atoms with van der Waals surface area (Å²) in [5.41, 5.74) is 3.70. The van der Waals surface area contributed by atoms with Gasteiger partial charge in [-0.25, -0.2) is 4.39 Å². The Hall–Kier alpha value is -3.23. The third-order valence-electron chi connectivity index (χ3n) is 5.77. The van der Waals surface area contributed by atoms with Crippen LogP contribution in [0.15, 0.2) is 60.8 Å². The molecule has 0 saturated carbocycles. The minimum absolute atomic E-state index is 0.144. The largest absolute Gasteiger partial charge is 0.492 e. The molecule has 174 valence electrons. The summed E-state index contributed by atoms with van der Waals surface area (Å²) in [6, 6.07) is 15.6. The molecule has 3 aromatic rings. The van der Waals surface area contributed by atoms with Crippen LogP contribution in [0.4, 0.5) is 4.39 Å². The molecule has 34 heavy (non-hydrogen) atoms. The van der Waals surface area contributed by atoms with Crippen LogP contribution in [-0.4, -0.2) is 63.0 Å². The van der Waals surface area contributed by atoms with Gasteiger partial charge in [-0.1, -0.05) is 29.7 Å². The Labute approximate surface area is 200 Å². The molecule has 1 aliphatic rings. The van der Waals surface area contributed by atoms with Gasteiger partial charge in [0.05, 0.1) is 6.42 Å². The zero-order valence-corrected chi connectivity index (χ0v) is 19.1. The third kappa shape index (κ3) is 6.89. The van der Waals surface area contributed by atoms with E-state index in [1.165, 1.54) is 12.1 Å². The molecule has 0 bridgehead atoms. The van der Waals surface area contributed by atoms with Crippen LogP contribution in [0, 0.1) is 5.82 Å². The SMILES string of the molecule is [B]c1cc(OCCN2CCNCC2)ccc1-c1ccc(CC(=O)NCc2cccc(F)c2)nc1. The summed E-state index contributed by atoms with van der Waals surface area (Å²) in [6.45, 7) is 5.92. The number of benzene rings is 2. The maximum Gasteiger partial charge on any atom is 0.226 e. The van der Waals surface area contributed by atoms with E-state index in [4.69, 9.17) is 12.6 Å². The van der Waals surface area contributed by atoms with Crippen molar-refractivity contribution >= 4 is 19.2 Å². The first-order valence-electron chi connectivity index (χ1n) is 11.5. The Kier molecular flexibility index (Phi) is 8.28. The summed E-state index contributed by atoms with van der Waals surface area (Å²) in [7, 11) is 6.27. The number of pyridine rings is 1. The van der Waals surface area contributed by atoms with E-state index in [2.05, 4.69) is 20.5 Å². The molecule has 1 aliphatic heterocycles. The van der Waals surface area contributed by atoms with Crippen molar-refractivity contribution in [1.29, 1.82) is 0 Å². The first-order valence-corrected chi connectivity index (χ1v) is 11.5. The number of nitrogens with one attached hydrogen (secondary N) is 2. The molecule has 1 aromatic heterocycles. The minimum atomic E-state index is -0.321. The van der Waals surface area contributed by atoms with Gasteiger partial charge in [0.1, 0.15) is 26.0 Å². The monoisotopic (exact) mass is 458 g/mol. The Morgan fingerprint density at radius 3 is 2.74 bits per heavy atom. The van der Waals surface area contributed by atoms with Gasteiger partial charge in [0.25, 0.3) is 0 Å². The quantitative estimate of drug-likeness (QED) is 0.479. The van der Waals surface area contributed by atoms with E-state index in [-0.39, 0.29) is 24.7 Å². The zero-order chi connectivity index (χ0) is 23.8. The van der Waals surface area contributed by atoms with E-state index in [0.717, 1.165) is 49.6 Å². The maximum absolute atomic E-state index is 13.2. The average Bonchev–Trinajstić information content (AvgIpc) is 2.84. The van der Waals surface area contributed by atoms with E-state index in [9.17, 15) is 9.18 Å². The molecule has 1 fully saturated rings. The predicted molar refractivity (Wildman–Crippen MR) is 132 cm³/mol. The van der Waals surface area contributed by atoms with Crippen molar-refractivity contribution < 1.29 is 13.9 Å². The topological polar surface area (TPSA) is 66.5 Å². The molecule has 2 radical (unpaired) electrons. The van der Waals surface area contributed by atoms with Crippen LogP contribution < -0.4 is 20.8 Å². The summed E-state index contributed by atoms with van der Waals surface area (Å²) in [6.07, 6.45) is 1.86. The molecule has 2 heterocycles. The van der Waals surface area contributed by atoms with Gasteiger partial charge < -0.3 is 15.4 Å². The van der Waals surface area contributed by atoms with Crippen LogP contribution in [0.1, 0.15) is 11.3 Å². The fraction of sp³-hybridized carbons (Fsp3) is 0.308. The average molecular weight is 458 g/mol. The Bertz CT molecular complexity index is 1100. The van der Waals surface area contributed by atoms with Crippen molar-refractivity contribution in [2.24, 2.45) is 0 Å². The van der Waals surface area contributed by atoms with E-state index in [1.54, 1.807) is 18.3 Å². The van der Waals surface area contributed by atoms with Gasteiger partial charge in [0, 0.05) is 51.2 Å². The van der Waals surface area contributed by atoms with E-state index in [1.807, 2.05) is 30.3 Å². The van der Waals surface area contributed by atoms with Crippen molar-refractivity contribution in [3.05, 3.63) is 77.9 Å². The van der Waals surface area contributed by atoms with Gasteiger partial charge in [-0.05, 0) is 47.0 Å². The lowest BCUT2D eigenvalue weighted by atomic mass is 9.87. The number of carbonyl (C=O) groups is 1. The lowest BCUT2D eigenvalue weighted by Crippen LogP contribution is -2.44. The molecule has 1 amide bonds. The number of aromatic nitrogens is 1. The number of hydrogen-bond donors (Lipinski definition) is 2. The van der Waals surface area contributed by atoms with Crippen molar-refractivity contribution in [2.75, 3.05) is 39.3 Å². The van der Waals surface area contributed by atoms with Crippen molar-refractivity contribution in [2.45, 2.75) is 13.0 Å². The van der Waals surface area contributed by atoms with Crippen molar-refractivity contribution in [3.8, 4) is 16.9 Å². The van der Waals surface area contributed by atoms with Gasteiger partial charge in [0.2, 0.25) is 5.91 Å². The lowest BCUT2D eigenvalue weighted by molar-refractivity contribution is -0.120. The summed E-state index contributed by atoms with van der Waals surface area (Å²) in [5.74, 6) is 0.250. The minimum Gasteiger partial charge on any atom is -0.492 e. The third-order valence-corrected chi connectivity index (χ3v) is 5.77. The zero-order valence-electron chi connectivity index (χ0n) is 19.1. The number of halogens is 1. The summed E-state index contributed by atoms with van der Waals surface area (Å²) < 4.78 is 19.1. The Morgan fingerprint density at radius 2 is 2.00 bits per heavy atom. The van der Waals surface area contributed by atoms with Gasteiger partial charge in [-0.15, -0.1) is 0 Å². The molecule has 0 atom stereocenters. The summed E-state index contributed by atoms with van der Waals surface area (Å²) >= 11 is 0. The van der Waals surface area contributed by atoms with Gasteiger partial charge >= 0.3 is 0 Å². The Morgan fingerprint density at radius 1 is 1.15 bits per heavy atom. The second-order valence-electron chi connectivity index (χ2n) is 8.31. The van der Waals surface area contributed by atoms with Crippen LogP contribution in [0.3, 0.4) is 0 Å². The number of ether oxygens (including phenoxy) is 1. The highest BCUT2D eigenvalue weighted by Crippen LogP contribution is 2.20. The van der Waals surface area contributed by atoms with Gasteiger partial charge in [-0.3, -0.25) is 14.7 Å². The van der Waals surface area contributed by atoms with Crippen molar-refractivity contribution in [1.82, 2.24) is 20.5 Å². The molecule has 6 nitrogen and oxygen atoms in total. The number of amides is 1. The lowest BCUT2D eigenvalue weighted by Gasteiger charge is -2.27. The molecular formula is C26H28BFN4O2. The fourth-order valence-electron chi connectivity index (χ4n) is 3.88. The maximum atomic E-state index is 13.2. The normalized spacial score (nSPS) is 14.0. The number of nitrogens with zero attached hydrogens (tertiary/aromatic N) is 2. The molecule has 0 aliphatic carbocycles. The van der Waals surface area contributed by atoms with Crippen LogP contribution in [0.25, 0.3) is 11.1 Å². The highest BCUT2D eigenvalue weighted by atomic mass is 19.1. The van der Waals surface area contributed by atoms with Crippen LogP contribution in [0.5, 0.6) is 5.75 Å². The number of carbonyl (C=O) groups excluding carboxylic acids is 1. The predicted octanol–water partition coefficient (Wildman–Crippen LogP) is 1.82. The van der Waals surface area contributed by atoms with Gasteiger partial charge in [0.15, 0.2) is 0 Å². The Balaban J connectivity index is 1.28. The van der Waals surface area contributed by atoms with Crippen LogP contribution in [0.2, 0.25) is 0 Å². The molecule has 4 rings (SSSR count). The van der Waals surface area contributed by atoms with Crippen LogP contribution in [-0.2, 0) is 17.8 Å². The number of rotatable bonds is 9. The summed E-state index contributed by atoms with van der Waals surface area (Å²) in [4.78, 5) is 19.0. The first kappa shape index (κ1) is 23.9. The molecule has 8 heteroatoms.